The van der Waals surface area contributed by atoms with Gasteiger partial charge in [0.25, 0.3) is 0 Å². The van der Waals surface area contributed by atoms with E-state index in [-0.39, 0.29) is 0 Å². The predicted octanol–water partition coefficient (Wildman–Crippen LogP) is 1.43. The number of piperazine rings is 1. The van der Waals surface area contributed by atoms with Gasteiger partial charge in [0.1, 0.15) is 0 Å². The number of thiazole rings is 1. The zero-order chi connectivity index (χ0) is 12.3. The molecule has 2 heterocycles. The lowest BCUT2D eigenvalue weighted by molar-refractivity contribution is 0.0149. The molecule has 1 N–H and O–H groups in total. The van der Waals surface area contributed by atoms with Crippen molar-refractivity contribution in [3.8, 4) is 0 Å². The van der Waals surface area contributed by atoms with Gasteiger partial charge in [-0.05, 0) is 13.3 Å². The van der Waals surface area contributed by atoms with E-state index in [1.54, 1.807) is 11.3 Å². The fourth-order valence-corrected chi connectivity index (χ4v) is 2.76. The summed E-state index contributed by atoms with van der Waals surface area (Å²) in [7, 11) is 0. The topological polar surface area (TPSA) is 39.6 Å². The van der Waals surface area contributed by atoms with Gasteiger partial charge in [-0.2, -0.15) is 0 Å². The average Bonchev–Trinajstić information content (AvgIpc) is 2.83. The highest BCUT2D eigenvalue weighted by molar-refractivity contribution is 7.13. The normalized spacial score (nSPS) is 21.5. The van der Waals surface area contributed by atoms with Crippen molar-refractivity contribution in [3.63, 3.8) is 0 Å². The van der Waals surface area contributed by atoms with Crippen LogP contribution >= 0.6 is 11.3 Å². The molecule has 2 rings (SSSR count). The number of rotatable bonds is 4. The molecular formula is C12H21N3OS. The van der Waals surface area contributed by atoms with E-state index in [1.165, 1.54) is 0 Å². The van der Waals surface area contributed by atoms with E-state index in [1.807, 2.05) is 25.4 Å². The smallest absolute Gasteiger partial charge is 0.185 e. The molecule has 1 aromatic heterocycles. The maximum atomic E-state index is 10.1. The first kappa shape index (κ1) is 12.8. The first-order valence-electron chi connectivity index (χ1n) is 6.20. The Kier molecular flexibility index (Phi) is 4.01. The summed E-state index contributed by atoms with van der Waals surface area (Å²) >= 11 is 1.70. The van der Waals surface area contributed by atoms with Crippen molar-refractivity contribution in [2.45, 2.75) is 25.9 Å². The van der Waals surface area contributed by atoms with Gasteiger partial charge in [-0.3, -0.25) is 4.90 Å². The molecule has 0 saturated carbocycles. The van der Waals surface area contributed by atoms with Gasteiger partial charge in [0.2, 0.25) is 0 Å². The highest BCUT2D eigenvalue weighted by atomic mass is 32.1. The maximum absolute atomic E-state index is 10.1. The number of anilines is 1. The number of aromatic nitrogens is 1. The van der Waals surface area contributed by atoms with Gasteiger partial charge >= 0.3 is 0 Å². The Balaban J connectivity index is 1.82. The van der Waals surface area contributed by atoms with Gasteiger partial charge < -0.3 is 10.0 Å². The highest BCUT2D eigenvalue weighted by Crippen LogP contribution is 2.20. The Labute approximate surface area is 107 Å². The lowest BCUT2D eigenvalue weighted by Crippen LogP contribution is -2.51. The van der Waals surface area contributed by atoms with Crippen molar-refractivity contribution in [2.75, 3.05) is 37.6 Å². The second kappa shape index (κ2) is 5.33. The second-order valence-electron chi connectivity index (χ2n) is 4.93. The molecule has 5 heteroatoms. The summed E-state index contributed by atoms with van der Waals surface area (Å²) < 4.78 is 0. The minimum atomic E-state index is -0.552. The van der Waals surface area contributed by atoms with E-state index in [2.05, 4.69) is 14.8 Å². The molecule has 1 aromatic rings. The minimum absolute atomic E-state index is 0.552. The van der Waals surface area contributed by atoms with Crippen molar-refractivity contribution in [1.29, 1.82) is 0 Å². The molecule has 96 valence electrons. The maximum Gasteiger partial charge on any atom is 0.185 e. The molecule has 0 radical (unpaired) electrons. The van der Waals surface area contributed by atoms with Crippen LogP contribution in [-0.2, 0) is 0 Å². The Morgan fingerprint density at radius 1 is 1.41 bits per heavy atom. The Hall–Kier alpha value is -0.650. The molecule has 0 aromatic carbocycles. The molecule has 1 fully saturated rings. The van der Waals surface area contributed by atoms with Crippen molar-refractivity contribution < 1.29 is 5.11 Å². The molecule has 0 spiro atoms. The van der Waals surface area contributed by atoms with E-state index < -0.39 is 5.60 Å². The third kappa shape index (κ3) is 3.40. The van der Waals surface area contributed by atoms with Gasteiger partial charge in [-0.1, -0.05) is 6.92 Å². The Morgan fingerprint density at radius 3 is 2.65 bits per heavy atom. The molecule has 1 atom stereocenters. The fraction of sp³-hybridized carbons (Fsp3) is 0.750. The van der Waals surface area contributed by atoms with E-state index >= 15 is 0 Å². The molecule has 17 heavy (non-hydrogen) atoms. The number of nitrogens with zero attached hydrogens (tertiary/aromatic N) is 3. The van der Waals surface area contributed by atoms with Crippen LogP contribution in [0.15, 0.2) is 11.6 Å². The second-order valence-corrected chi connectivity index (χ2v) is 5.80. The first-order valence-corrected chi connectivity index (χ1v) is 7.08. The van der Waals surface area contributed by atoms with Crippen molar-refractivity contribution in [2.24, 2.45) is 0 Å². The summed E-state index contributed by atoms with van der Waals surface area (Å²) in [6.45, 7) is 8.76. The highest BCUT2D eigenvalue weighted by Gasteiger charge is 2.25. The Morgan fingerprint density at radius 2 is 2.12 bits per heavy atom. The Bertz CT molecular complexity index is 332. The van der Waals surface area contributed by atoms with Gasteiger partial charge in [0.15, 0.2) is 5.13 Å². The molecule has 0 bridgehead atoms. The number of hydrogen-bond donors (Lipinski definition) is 1. The van der Waals surface area contributed by atoms with E-state index in [0.29, 0.717) is 0 Å². The summed E-state index contributed by atoms with van der Waals surface area (Å²) in [5.74, 6) is 0. The first-order chi connectivity index (χ1) is 8.11. The zero-order valence-corrected chi connectivity index (χ0v) is 11.4. The third-order valence-corrected chi connectivity index (χ3v) is 4.22. The standard InChI is InChI=1S/C12H21N3OS/c1-3-12(2,16)10-14-5-7-15(8-6-14)11-13-4-9-17-11/h4,9,16H,3,5-8,10H2,1-2H3. The molecule has 1 saturated heterocycles. The van der Waals surface area contributed by atoms with Gasteiger partial charge in [-0.15, -0.1) is 11.3 Å². The van der Waals surface area contributed by atoms with Crippen LogP contribution in [0.1, 0.15) is 20.3 Å². The predicted molar refractivity (Wildman–Crippen MR) is 71.7 cm³/mol. The van der Waals surface area contributed by atoms with Gasteiger partial charge in [0.05, 0.1) is 5.60 Å². The van der Waals surface area contributed by atoms with Crippen LogP contribution < -0.4 is 4.90 Å². The van der Waals surface area contributed by atoms with Crippen LogP contribution in [0.3, 0.4) is 0 Å². The van der Waals surface area contributed by atoms with Crippen LogP contribution in [0.2, 0.25) is 0 Å². The molecule has 0 amide bonds. The van der Waals surface area contributed by atoms with Crippen LogP contribution in [0.5, 0.6) is 0 Å². The van der Waals surface area contributed by atoms with Gasteiger partial charge in [0, 0.05) is 44.3 Å². The van der Waals surface area contributed by atoms with Crippen LogP contribution in [0, 0.1) is 0 Å². The lowest BCUT2D eigenvalue weighted by atomic mass is 10.0. The van der Waals surface area contributed by atoms with Crippen molar-refractivity contribution in [3.05, 3.63) is 11.6 Å². The fourth-order valence-electron chi connectivity index (χ4n) is 2.06. The SMILES string of the molecule is CCC(C)(O)CN1CCN(c2nccs2)CC1. The third-order valence-electron chi connectivity index (χ3n) is 3.39. The molecule has 0 aliphatic carbocycles. The average molecular weight is 255 g/mol. The van der Waals surface area contributed by atoms with E-state index in [4.69, 9.17) is 0 Å². The van der Waals surface area contributed by atoms with Crippen LogP contribution in [0.4, 0.5) is 5.13 Å². The summed E-state index contributed by atoms with van der Waals surface area (Å²) in [6.07, 6.45) is 2.66. The number of hydrogen-bond acceptors (Lipinski definition) is 5. The lowest BCUT2D eigenvalue weighted by Gasteiger charge is -2.37. The molecule has 1 aliphatic heterocycles. The molecule has 4 nitrogen and oxygen atoms in total. The minimum Gasteiger partial charge on any atom is -0.389 e. The van der Waals surface area contributed by atoms with Gasteiger partial charge in [-0.25, -0.2) is 4.98 Å². The molecule has 1 unspecified atom stereocenters. The van der Waals surface area contributed by atoms with Crippen molar-refractivity contribution >= 4 is 16.5 Å². The van der Waals surface area contributed by atoms with Crippen LogP contribution in [0.25, 0.3) is 0 Å². The van der Waals surface area contributed by atoms with E-state index in [9.17, 15) is 5.11 Å². The van der Waals surface area contributed by atoms with Crippen LogP contribution in [-0.4, -0.2) is 53.3 Å². The van der Waals surface area contributed by atoms with E-state index in [0.717, 1.165) is 44.3 Å². The number of aliphatic hydroxyl groups is 1. The molecular weight excluding hydrogens is 234 g/mol. The summed E-state index contributed by atoms with van der Waals surface area (Å²) in [6, 6.07) is 0. The summed E-state index contributed by atoms with van der Waals surface area (Å²) in [5.41, 5.74) is -0.552. The summed E-state index contributed by atoms with van der Waals surface area (Å²) in [5, 5.41) is 13.2. The largest absolute Gasteiger partial charge is 0.389 e. The zero-order valence-electron chi connectivity index (χ0n) is 10.6. The quantitative estimate of drug-likeness (QED) is 0.883. The summed E-state index contributed by atoms with van der Waals surface area (Å²) in [4.78, 5) is 8.99. The monoisotopic (exact) mass is 255 g/mol. The number of β-amino-alcohol motifs (C(OH)–C–C–N with tert-alkyl or cyclic N) is 1. The van der Waals surface area contributed by atoms with Crippen molar-refractivity contribution in [1.82, 2.24) is 9.88 Å². The molecule has 1 aliphatic rings.